The summed E-state index contributed by atoms with van der Waals surface area (Å²) in [6, 6.07) is 8.28. The van der Waals surface area contributed by atoms with Gasteiger partial charge in [0.1, 0.15) is 0 Å². The molecular weight excluding hydrogens is 298 g/mol. The second-order valence-corrected chi connectivity index (χ2v) is 7.56. The normalized spacial score (nSPS) is 19.8. The molecule has 0 aromatic heterocycles. The lowest BCUT2D eigenvalue weighted by molar-refractivity contribution is -0.133. The third kappa shape index (κ3) is 4.77. The molecule has 0 bridgehead atoms. The van der Waals surface area contributed by atoms with Crippen LogP contribution in [-0.4, -0.2) is 28.5 Å². The summed E-state index contributed by atoms with van der Waals surface area (Å²) in [4.78, 5) is 22.6. The second kappa shape index (κ2) is 7.18. The zero-order valence-corrected chi connectivity index (χ0v) is 13.9. The van der Waals surface area contributed by atoms with Crippen molar-refractivity contribution < 1.29 is 14.7 Å². The lowest BCUT2D eigenvalue weighted by Gasteiger charge is -2.27. The molecule has 0 aliphatic heterocycles. The topological polar surface area (TPSA) is 66.4 Å². The number of hydrogen-bond acceptors (Lipinski definition) is 3. The largest absolute Gasteiger partial charge is 0.481 e. The van der Waals surface area contributed by atoms with Gasteiger partial charge in [-0.25, -0.2) is 0 Å². The molecule has 0 radical (unpaired) electrons. The maximum absolute atomic E-state index is 12.1. The van der Waals surface area contributed by atoms with Gasteiger partial charge in [0.25, 0.3) is 0 Å². The Bertz CT molecular complexity index is 557. The van der Waals surface area contributed by atoms with Crippen molar-refractivity contribution in [2.45, 2.75) is 39.2 Å². The van der Waals surface area contributed by atoms with Crippen LogP contribution in [0.25, 0.3) is 0 Å². The van der Waals surface area contributed by atoms with Crippen LogP contribution in [0, 0.1) is 5.41 Å². The summed E-state index contributed by atoms with van der Waals surface area (Å²) >= 11 is 1.13. The van der Waals surface area contributed by atoms with Crippen molar-refractivity contribution in [2.75, 3.05) is 11.5 Å². The number of amides is 1. The quantitative estimate of drug-likeness (QED) is 0.818. The number of carbonyl (C=O) groups is 2. The van der Waals surface area contributed by atoms with Gasteiger partial charge in [0.05, 0.1) is 17.5 Å². The standard InChI is InChI=1S/C17H23NO3S/c1-17(2)8-7-12-5-3-4-6-13(12)14(9-17)18-15(19)10-22-11-16(20)21/h3-6,14H,7-11H2,1-2H3,(H,18,19)(H,20,21). The Hall–Kier alpha value is -1.49. The predicted molar refractivity (Wildman–Crippen MR) is 89.0 cm³/mol. The van der Waals surface area contributed by atoms with Crippen LogP contribution < -0.4 is 5.32 Å². The van der Waals surface area contributed by atoms with E-state index in [1.165, 1.54) is 11.1 Å². The molecule has 4 nitrogen and oxygen atoms in total. The maximum Gasteiger partial charge on any atom is 0.313 e. The second-order valence-electron chi connectivity index (χ2n) is 6.57. The fourth-order valence-corrected chi connectivity index (χ4v) is 3.48. The van der Waals surface area contributed by atoms with Gasteiger partial charge in [0, 0.05) is 0 Å². The highest BCUT2D eigenvalue weighted by Crippen LogP contribution is 2.39. The van der Waals surface area contributed by atoms with Crippen LogP contribution in [0.3, 0.4) is 0 Å². The number of carboxylic acids is 1. The highest BCUT2D eigenvalue weighted by atomic mass is 32.2. The van der Waals surface area contributed by atoms with Crippen molar-refractivity contribution in [1.29, 1.82) is 0 Å². The average Bonchev–Trinajstić information content (AvgIpc) is 2.56. The van der Waals surface area contributed by atoms with Gasteiger partial charge in [-0.05, 0) is 35.8 Å². The van der Waals surface area contributed by atoms with E-state index in [1.54, 1.807) is 0 Å². The fourth-order valence-electron chi connectivity index (χ4n) is 2.94. The molecule has 1 amide bonds. The predicted octanol–water partition coefficient (Wildman–Crippen LogP) is 3.02. The van der Waals surface area contributed by atoms with Crippen molar-refractivity contribution in [3.8, 4) is 0 Å². The van der Waals surface area contributed by atoms with Crippen LogP contribution >= 0.6 is 11.8 Å². The van der Waals surface area contributed by atoms with E-state index < -0.39 is 5.97 Å². The van der Waals surface area contributed by atoms with E-state index in [0.29, 0.717) is 0 Å². The molecule has 1 aliphatic carbocycles. The first-order valence-corrected chi connectivity index (χ1v) is 8.69. The van der Waals surface area contributed by atoms with E-state index in [4.69, 9.17) is 5.11 Å². The Balaban J connectivity index is 2.06. The SMILES string of the molecule is CC1(C)CCc2ccccc2C(NC(=O)CSCC(=O)O)C1. The summed E-state index contributed by atoms with van der Waals surface area (Å²) in [6.45, 7) is 4.47. The number of carboxylic acid groups (broad SMARTS) is 1. The van der Waals surface area contributed by atoms with Gasteiger partial charge in [-0.1, -0.05) is 38.1 Å². The molecule has 2 rings (SSSR count). The summed E-state index contributed by atoms with van der Waals surface area (Å²) in [6.07, 6.45) is 3.03. The van der Waals surface area contributed by atoms with Crippen LogP contribution in [0.5, 0.6) is 0 Å². The van der Waals surface area contributed by atoms with Gasteiger partial charge < -0.3 is 10.4 Å². The smallest absolute Gasteiger partial charge is 0.313 e. The first-order chi connectivity index (χ1) is 10.4. The average molecular weight is 321 g/mol. The minimum atomic E-state index is -0.890. The van der Waals surface area contributed by atoms with E-state index in [-0.39, 0.29) is 28.9 Å². The van der Waals surface area contributed by atoms with Crippen LogP contribution in [0.1, 0.15) is 43.9 Å². The molecule has 1 aromatic rings. The van der Waals surface area contributed by atoms with Gasteiger partial charge in [-0.2, -0.15) is 0 Å². The number of rotatable bonds is 5. The number of hydrogen-bond donors (Lipinski definition) is 2. The van der Waals surface area contributed by atoms with Crippen LogP contribution in [0.15, 0.2) is 24.3 Å². The summed E-state index contributed by atoms with van der Waals surface area (Å²) < 4.78 is 0. The number of benzene rings is 1. The van der Waals surface area contributed by atoms with Crippen molar-refractivity contribution in [1.82, 2.24) is 5.32 Å². The Labute approximate surface area is 135 Å². The van der Waals surface area contributed by atoms with Crippen LogP contribution in [0.4, 0.5) is 0 Å². The molecule has 0 spiro atoms. The lowest BCUT2D eigenvalue weighted by atomic mass is 9.83. The van der Waals surface area contributed by atoms with Crippen molar-refractivity contribution in [3.63, 3.8) is 0 Å². The maximum atomic E-state index is 12.1. The van der Waals surface area contributed by atoms with E-state index in [9.17, 15) is 9.59 Å². The van der Waals surface area contributed by atoms with Gasteiger partial charge in [0.15, 0.2) is 0 Å². The molecule has 22 heavy (non-hydrogen) atoms. The van der Waals surface area contributed by atoms with Crippen LogP contribution in [0.2, 0.25) is 0 Å². The van der Waals surface area contributed by atoms with E-state index in [0.717, 1.165) is 31.0 Å². The molecule has 120 valence electrons. The monoisotopic (exact) mass is 321 g/mol. The molecule has 0 saturated carbocycles. The molecule has 0 heterocycles. The summed E-state index contributed by atoms with van der Waals surface area (Å²) in [5.41, 5.74) is 2.67. The Morgan fingerprint density at radius 2 is 2.05 bits per heavy atom. The highest BCUT2D eigenvalue weighted by Gasteiger charge is 2.30. The van der Waals surface area contributed by atoms with E-state index in [1.807, 2.05) is 12.1 Å². The Morgan fingerprint density at radius 3 is 2.77 bits per heavy atom. The zero-order chi connectivity index (χ0) is 16.2. The molecular formula is C17H23NO3S. The van der Waals surface area contributed by atoms with Crippen molar-refractivity contribution >= 4 is 23.6 Å². The third-order valence-corrected chi connectivity index (χ3v) is 4.97. The Kier molecular flexibility index (Phi) is 5.51. The van der Waals surface area contributed by atoms with Gasteiger partial charge in [0.2, 0.25) is 5.91 Å². The van der Waals surface area contributed by atoms with Gasteiger partial charge in [-0.3, -0.25) is 9.59 Å². The molecule has 1 atom stereocenters. The minimum Gasteiger partial charge on any atom is -0.481 e. The summed E-state index contributed by atoms with van der Waals surface area (Å²) in [5.74, 6) is -0.839. The molecule has 5 heteroatoms. The number of thioether (sulfide) groups is 1. The Morgan fingerprint density at radius 1 is 1.32 bits per heavy atom. The van der Waals surface area contributed by atoms with E-state index >= 15 is 0 Å². The fraction of sp³-hybridized carbons (Fsp3) is 0.529. The summed E-state index contributed by atoms with van der Waals surface area (Å²) in [5, 5.41) is 11.7. The molecule has 1 unspecified atom stereocenters. The van der Waals surface area contributed by atoms with Gasteiger partial charge in [-0.15, -0.1) is 11.8 Å². The number of fused-ring (bicyclic) bond motifs is 1. The number of aryl methyl sites for hydroxylation is 1. The third-order valence-electron chi connectivity index (χ3n) is 4.05. The molecule has 0 fully saturated rings. The van der Waals surface area contributed by atoms with Crippen molar-refractivity contribution in [3.05, 3.63) is 35.4 Å². The van der Waals surface area contributed by atoms with E-state index in [2.05, 4.69) is 31.3 Å². The lowest BCUT2D eigenvalue weighted by Crippen LogP contribution is -2.32. The zero-order valence-electron chi connectivity index (χ0n) is 13.1. The number of aliphatic carboxylic acids is 1. The summed E-state index contributed by atoms with van der Waals surface area (Å²) in [7, 11) is 0. The number of nitrogens with one attached hydrogen (secondary N) is 1. The first-order valence-electron chi connectivity index (χ1n) is 7.54. The van der Waals surface area contributed by atoms with Crippen LogP contribution in [-0.2, 0) is 16.0 Å². The first kappa shape index (κ1) is 16.9. The molecule has 2 N–H and O–H groups in total. The molecule has 0 saturated heterocycles. The minimum absolute atomic E-state index is 0.00614. The molecule has 1 aliphatic rings. The van der Waals surface area contributed by atoms with Crippen molar-refractivity contribution in [2.24, 2.45) is 5.41 Å². The molecule has 1 aromatic carbocycles. The highest BCUT2D eigenvalue weighted by molar-refractivity contribution is 8.00. The van der Waals surface area contributed by atoms with Gasteiger partial charge >= 0.3 is 5.97 Å². The number of carbonyl (C=O) groups excluding carboxylic acids is 1.